The van der Waals surface area contributed by atoms with E-state index in [1.807, 2.05) is 25.7 Å². The Hall–Kier alpha value is -1.26. The molecule has 3 unspecified atom stereocenters. The van der Waals surface area contributed by atoms with Gasteiger partial charge in [0, 0.05) is 24.5 Å². The number of urea groups is 1. The standard InChI is InChI=1S/C16H29N3O2/c1-11-7-5-6-8-13(11)18-15(21)17-12-9-14(20)19(10-12)16(2,3)4/h11-13H,5-10H2,1-4H3,(H2,17,18,21). The van der Waals surface area contributed by atoms with Gasteiger partial charge in [-0.3, -0.25) is 4.79 Å². The summed E-state index contributed by atoms with van der Waals surface area (Å²) in [5.41, 5.74) is -0.179. The Balaban J connectivity index is 1.82. The Kier molecular flexibility index (Phi) is 4.79. The minimum atomic E-state index is -0.179. The topological polar surface area (TPSA) is 61.4 Å². The first kappa shape index (κ1) is 16.1. The molecule has 1 aliphatic heterocycles. The van der Waals surface area contributed by atoms with Crippen LogP contribution in [0.2, 0.25) is 0 Å². The van der Waals surface area contributed by atoms with Gasteiger partial charge in [-0.15, -0.1) is 0 Å². The molecular weight excluding hydrogens is 266 g/mol. The van der Waals surface area contributed by atoms with E-state index in [0.29, 0.717) is 18.9 Å². The SMILES string of the molecule is CC1CCCCC1NC(=O)NC1CC(=O)N(C(C)(C)C)C1. The van der Waals surface area contributed by atoms with Gasteiger partial charge in [0.2, 0.25) is 5.91 Å². The number of nitrogens with zero attached hydrogens (tertiary/aromatic N) is 1. The quantitative estimate of drug-likeness (QED) is 0.821. The molecular formula is C16H29N3O2. The van der Waals surface area contributed by atoms with Crippen LogP contribution < -0.4 is 10.6 Å². The van der Waals surface area contributed by atoms with Crippen LogP contribution in [0.1, 0.15) is 59.8 Å². The molecule has 120 valence electrons. The van der Waals surface area contributed by atoms with Crippen molar-refractivity contribution in [3.8, 4) is 0 Å². The monoisotopic (exact) mass is 295 g/mol. The average molecular weight is 295 g/mol. The summed E-state index contributed by atoms with van der Waals surface area (Å²) in [6, 6.07) is 0.0764. The Morgan fingerprint density at radius 3 is 2.43 bits per heavy atom. The second-order valence-electron chi connectivity index (χ2n) is 7.56. The summed E-state index contributed by atoms with van der Waals surface area (Å²) in [6.45, 7) is 8.88. The maximum atomic E-state index is 12.1. The number of hydrogen-bond acceptors (Lipinski definition) is 2. The summed E-state index contributed by atoms with van der Waals surface area (Å²) >= 11 is 0. The Morgan fingerprint density at radius 2 is 1.86 bits per heavy atom. The van der Waals surface area contributed by atoms with Gasteiger partial charge in [0.25, 0.3) is 0 Å². The normalized spacial score (nSPS) is 30.4. The van der Waals surface area contributed by atoms with Crippen molar-refractivity contribution in [2.24, 2.45) is 5.92 Å². The van der Waals surface area contributed by atoms with Gasteiger partial charge >= 0.3 is 6.03 Å². The largest absolute Gasteiger partial charge is 0.336 e. The molecule has 21 heavy (non-hydrogen) atoms. The lowest BCUT2D eigenvalue weighted by molar-refractivity contribution is -0.131. The fraction of sp³-hybridized carbons (Fsp3) is 0.875. The molecule has 2 aliphatic rings. The van der Waals surface area contributed by atoms with Crippen molar-refractivity contribution in [3.05, 3.63) is 0 Å². The van der Waals surface area contributed by atoms with Crippen LogP contribution in [0, 0.1) is 5.92 Å². The van der Waals surface area contributed by atoms with Gasteiger partial charge in [-0.1, -0.05) is 19.8 Å². The van der Waals surface area contributed by atoms with E-state index in [1.165, 1.54) is 19.3 Å². The minimum Gasteiger partial charge on any atom is -0.336 e. The van der Waals surface area contributed by atoms with Crippen LogP contribution >= 0.6 is 0 Å². The van der Waals surface area contributed by atoms with E-state index in [-0.39, 0.29) is 29.6 Å². The summed E-state index contributed by atoms with van der Waals surface area (Å²) in [4.78, 5) is 26.0. The molecule has 5 heteroatoms. The number of hydrogen-bond donors (Lipinski definition) is 2. The molecule has 1 saturated heterocycles. The Morgan fingerprint density at radius 1 is 1.19 bits per heavy atom. The summed E-state index contributed by atoms with van der Waals surface area (Å²) in [6.07, 6.45) is 5.11. The second kappa shape index (κ2) is 6.24. The molecule has 0 aromatic rings. The fourth-order valence-electron chi connectivity index (χ4n) is 3.38. The van der Waals surface area contributed by atoms with Gasteiger partial charge in [-0.25, -0.2) is 4.79 Å². The van der Waals surface area contributed by atoms with E-state index in [4.69, 9.17) is 0 Å². The van der Waals surface area contributed by atoms with E-state index in [9.17, 15) is 9.59 Å². The Bertz CT molecular complexity index is 403. The van der Waals surface area contributed by atoms with Gasteiger partial charge in [0.15, 0.2) is 0 Å². The lowest BCUT2D eigenvalue weighted by atomic mass is 9.86. The zero-order chi connectivity index (χ0) is 15.6. The lowest BCUT2D eigenvalue weighted by Gasteiger charge is -2.32. The van der Waals surface area contributed by atoms with Crippen LogP contribution in [0.4, 0.5) is 4.79 Å². The molecule has 5 nitrogen and oxygen atoms in total. The molecule has 2 N–H and O–H groups in total. The molecule has 2 rings (SSSR count). The third kappa shape index (κ3) is 4.11. The van der Waals surface area contributed by atoms with Crippen LogP contribution in [0.15, 0.2) is 0 Å². The third-order valence-corrected chi connectivity index (χ3v) is 4.70. The highest BCUT2D eigenvalue weighted by atomic mass is 16.2. The molecule has 1 saturated carbocycles. The first-order chi connectivity index (χ1) is 9.77. The molecule has 0 aromatic carbocycles. The fourth-order valence-corrected chi connectivity index (χ4v) is 3.38. The summed E-state index contributed by atoms with van der Waals surface area (Å²) in [5, 5.41) is 6.05. The Labute approximate surface area is 127 Å². The summed E-state index contributed by atoms with van der Waals surface area (Å²) in [5.74, 6) is 0.666. The second-order valence-corrected chi connectivity index (χ2v) is 7.56. The van der Waals surface area contributed by atoms with E-state index < -0.39 is 0 Å². The first-order valence-electron chi connectivity index (χ1n) is 8.15. The molecule has 3 amide bonds. The van der Waals surface area contributed by atoms with E-state index in [2.05, 4.69) is 17.6 Å². The van der Waals surface area contributed by atoms with Crippen LogP contribution in [-0.2, 0) is 4.79 Å². The maximum Gasteiger partial charge on any atom is 0.315 e. The van der Waals surface area contributed by atoms with Gasteiger partial charge in [-0.2, -0.15) is 0 Å². The van der Waals surface area contributed by atoms with E-state index in [0.717, 1.165) is 6.42 Å². The highest BCUT2D eigenvalue weighted by molar-refractivity contribution is 5.82. The minimum absolute atomic E-state index is 0.0735. The summed E-state index contributed by atoms with van der Waals surface area (Å²) in [7, 11) is 0. The number of nitrogens with one attached hydrogen (secondary N) is 2. The number of rotatable bonds is 2. The summed E-state index contributed by atoms with van der Waals surface area (Å²) < 4.78 is 0. The van der Waals surface area contributed by atoms with Gasteiger partial charge < -0.3 is 15.5 Å². The lowest BCUT2D eigenvalue weighted by Crippen LogP contribution is -2.50. The van der Waals surface area contributed by atoms with Crippen molar-refractivity contribution in [1.29, 1.82) is 0 Å². The molecule has 0 bridgehead atoms. The van der Waals surface area contributed by atoms with Crippen molar-refractivity contribution in [2.45, 2.75) is 77.4 Å². The van der Waals surface area contributed by atoms with Crippen molar-refractivity contribution >= 4 is 11.9 Å². The van der Waals surface area contributed by atoms with Crippen LogP contribution in [0.5, 0.6) is 0 Å². The number of carbonyl (C=O) groups is 2. The maximum absolute atomic E-state index is 12.1. The number of likely N-dealkylation sites (tertiary alicyclic amines) is 1. The average Bonchev–Trinajstić information content (AvgIpc) is 2.73. The predicted octanol–water partition coefficient (Wildman–Crippen LogP) is 2.26. The van der Waals surface area contributed by atoms with Crippen molar-refractivity contribution in [2.75, 3.05) is 6.54 Å². The van der Waals surface area contributed by atoms with E-state index >= 15 is 0 Å². The van der Waals surface area contributed by atoms with E-state index in [1.54, 1.807) is 0 Å². The highest BCUT2D eigenvalue weighted by Gasteiger charge is 2.37. The highest BCUT2D eigenvalue weighted by Crippen LogP contribution is 2.24. The zero-order valence-corrected chi connectivity index (χ0v) is 13.7. The smallest absolute Gasteiger partial charge is 0.315 e. The van der Waals surface area contributed by atoms with Gasteiger partial charge in [-0.05, 0) is 39.5 Å². The molecule has 0 radical (unpaired) electrons. The molecule has 1 aliphatic carbocycles. The first-order valence-corrected chi connectivity index (χ1v) is 8.15. The molecule has 2 fully saturated rings. The van der Waals surface area contributed by atoms with Crippen LogP contribution in [-0.4, -0.2) is 41.0 Å². The number of carbonyl (C=O) groups excluding carboxylic acids is 2. The molecule has 3 atom stereocenters. The molecule has 0 spiro atoms. The number of amides is 3. The van der Waals surface area contributed by atoms with Gasteiger partial charge in [0.05, 0.1) is 6.04 Å². The molecule has 1 heterocycles. The van der Waals surface area contributed by atoms with Crippen molar-refractivity contribution in [3.63, 3.8) is 0 Å². The van der Waals surface area contributed by atoms with Crippen molar-refractivity contribution in [1.82, 2.24) is 15.5 Å². The van der Waals surface area contributed by atoms with Crippen LogP contribution in [0.25, 0.3) is 0 Å². The van der Waals surface area contributed by atoms with Gasteiger partial charge in [0.1, 0.15) is 0 Å². The third-order valence-electron chi connectivity index (χ3n) is 4.70. The molecule has 0 aromatic heterocycles. The predicted molar refractivity (Wildman–Crippen MR) is 83.0 cm³/mol. The van der Waals surface area contributed by atoms with Crippen molar-refractivity contribution < 1.29 is 9.59 Å². The zero-order valence-electron chi connectivity index (χ0n) is 13.7. The van der Waals surface area contributed by atoms with Crippen LogP contribution in [0.3, 0.4) is 0 Å².